The van der Waals surface area contributed by atoms with Gasteiger partial charge in [-0.3, -0.25) is 9.59 Å². The molecule has 0 N–H and O–H groups in total. The summed E-state index contributed by atoms with van der Waals surface area (Å²) in [6, 6.07) is 4.89. The van der Waals surface area contributed by atoms with Crippen molar-refractivity contribution in [3.63, 3.8) is 0 Å². The minimum Gasteiger partial charge on any atom is -0.495 e. The first-order valence-electron chi connectivity index (χ1n) is 7.05. The summed E-state index contributed by atoms with van der Waals surface area (Å²) >= 11 is 6.02. The third kappa shape index (κ3) is 1.58. The summed E-state index contributed by atoms with van der Waals surface area (Å²) in [4.78, 5) is 26.9. The first kappa shape index (κ1) is 13.8. The zero-order valence-corrected chi connectivity index (χ0v) is 12.8. The van der Waals surface area contributed by atoms with Gasteiger partial charge >= 0.3 is 0 Å². The van der Waals surface area contributed by atoms with E-state index in [0.29, 0.717) is 16.5 Å². The SMILES string of the molecule is COc1ccc(Cl)cc1N1C(=O)[C@H]2[C@H]3C=C[C@@](C)(O3)[C@H]2C1=O. The van der Waals surface area contributed by atoms with E-state index < -0.39 is 17.4 Å². The van der Waals surface area contributed by atoms with E-state index in [1.165, 1.54) is 12.0 Å². The molecule has 0 saturated carbocycles. The zero-order chi connectivity index (χ0) is 15.6. The van der Waals surface area contributed by atoms with E-state index >= 15 is 0 Å². The predicted octanol–water partition coefficient (Wildman–Crippen LogP) is 2.18. The normalized spacial score (nSPS) is 35.4. The van der Waals surface area contributed by atoms with Crippen LogP contribution in [0.4, 0.5) is 5.69 Å². The molecule has 6 heteroatoms. The maximum absolute atomic E-state index is 12.9. The number of anilines is 1. The lowest BCUT2D eigenvalue weighted by atomic mass is 9.78. The van der Waals surface area contributed by atoms with Crippen LogP contribution in [0.15, 0.2) is 30.4 Å². The molecule has 2 bridgehead atoms. The molecule has 0 aromatic heterocycles. The lowest BCUT2D eigenvalue weighted by Crippen LogP contribution is -2.38. The van der Waals surface area contributed by atoms with Gasteiger partial charge < -0.3 is 9.47 Å². The molecular formula is C16H14ClNO4. The number of hydrogen-bond donors (Lipinski definition) is 0. The van der Waals surface area contributed by atoms with Crippen LogP contribution in [0.2, 0.25) is 5.02 Å². The summed E-state index contributed by atoms with van der Waals surface area (Å²) in [5.74, 6) is -1.03. The molecular weight excluding hydrogens is 306 g/mol. The fourth-order valence-electron chi connectivity index (χ4n) is 3.73. The van der Waals surface area contributed by atoms with Crippen LogP contribution in [0.25, 0.3) is 0 Å². The Balaban J connectivity index is 1.82. The van der Waals surface area contributed by atoms with Gasteiger partial charge in [-0.05, 0) is 25.1 Å². The lowest BCUT2D eigenvalue weighted by Gasteiger charge is -2.24. The van der Waals surface area contributed by atoms with E-state index in [4.69, 9.17) is 21.1 Å². The Hall–Kier alpha value is -1.85. The van der Waals surface area contributed by atoms with Crippen LogP contribution >= 0.6 is 11.6 Å². The summed E-state index contributed by atoms with van der Waals surface area (Å²) in [7, 11) is 1.49. The van der Waals surface area contributed by atoms with Gasteiger partial charge in [-0.15, -0.1) is 0 Å². The minimum absolute atomic E-state index is 0.256. The molecule has 2 saturated heterocycles. The van der Waals surface area contributed by atoms with Crippen molar-refractivity contribution in [2.75, 3.05) is 12.0 Å². The van der Waals surface area contributed by atoms with Crippen molar-refractivity contribution in [3.05, 3.63) is 35.4 Å². The van der Waals surface area contributed by atoms with Gasteiger partial charge in [-0.25, -0.2) is 4.90 Å². The maximum Gasteiger partial charge on any atom is 0.241 e. The topological polar surface area (TPSA) is 55.8 Å². The van der Waals surface area contributed by atoms with Crippen molar-refractivity contribution in [2.45, 2.75) is 18.6 Å². The Bertz CT molecular complexity index is 731. The number of fused-ring (bicyclic) bond motifs is 5. The monoisotopic (exact) mass is 319 g/mol. The second kappa shape index (κ2) is 4.33. The third-order valence-electron chi connectivity index (χ3n) is 4.71. The molecule has 2 fully saturated rings. The van der Waals surface area contributed by atoms with Gasteiger partial charge in [0.15, 0.2) is 0 Å². The summed E-state index contributed by atoms with van der Waals surface area (Å²) in [6.07, 6.45) is 3.41. The van der Waals surface area contributed by atoms with Gasteiger partial charge in [0.2, 0.25) is 11.8 Å². The molecule has 3 aliphatic heterocycles. The molecule has 1 aromatic carbocycles. The highest BCUT2D eigenvalue weighted by atomic mass is 35.5. The average Bonchev–Trinajstić information content (AvgIpc) is 3.08. The number of benzene rings is 1. The van der Waals surface area contributed by atoms with Crippen LogP contribution in [0.1, 0.15) is 6.92 Å². The Morgan fingerprint density at radius 3 is 2.77 bits per heavy atom. The quantitative estimate of drug-likeness (QED) is 0.619. The van der Waals surface area contributed by atoms with Gasteiger partial charge in [0.05, 0.1) is 36.3 Å². The first-order chi connectivity index (χ1) is 10.5. The van der Waals surface area contributed by atoms with Crippen molar-refractivity contribution < 1.29 is 19.1 Å². The summed E-state index contributed by atoms with van der Waals surface area (Å²) in [5.41, 5.74) is -0.315. The number of hydrogen-bond acceptors (Lipinski definition) is 4. The summed E-state index contributed by atoms with van der Waals surface area (Å²) in [5, 5.41) is 0.442. The molecule has 22 heavy (non-hydrogen) atoms. The van der Waals surface area contributed by atoms with Gasteiger partial charge in [0.1, 0.15) is 5.75 Å². The van der Waals surface area contributed by atoms with E-state index in [9.17, 15) is 9.59 Å². The second-order valence-corrected chi connectivity index (χ2v) is 6.39. The molecule has 0 aliphatic carbocycles. The van der Waals surface area contributed by atoms with Gasteiger partial charge in [0.25, 0.3) is 0 Å². The number of carbonyl (C=O) groups excluding carboxylic acids is 2. The number of imide groups is 1. The molecule has 2 amide bonds. The summed E-state index contributed by atoms with van der Waals surface area (Å²) in [6.45, 7) is 1.85. The molecule has 1 aromatic rings. The molecule has 0 unspecified atom stereocenters. The van der Waals surface area contributed by atoms with Crippen LogP contribution in [0.5, 0.6) is 5.75 Å². The zero-order valence-electron chi connectivity index (χ0n) is 12.1. The molecule has 114 valence electrons. The van der Waals surface area contributed by atoms with Crippen molar-refractivity contribution in [2.24, 2.45) is 11.8 Å². The molecule has 4 rings (SSSR count). The van der Waals surface area contributed by atoms with Crippen molar-refractivity contribution >= 4 is 29.1 Å². The Kier molecular flexibility index (Phi) is 2.72. The van der Waals surface area contributed by atoms with Crippen molar-refractivity contribution in [3.8, 4) is 5.75 Å². The second-order valence-electron chi connectivity index (χ2n) is 5.96. The van der Waals surface area contributed by atoms with Crippen LogP contribution in [-0.2, 0) is 14.3 Å². The predicted molar refractivity (Wildman–Crippen MR) is 79.9 cm³/mol. The molecule has 3 heterocycles. The van der Waals surface area contributed by atoms with Gasteiger partial charge in [-0.2, -0.15) is 0 Å². The third-order valence-corrected chi connectivity index (χ3v) is 4.95. The van der Waals surface area contributed by atoms with E-state index in [0.717, 1.165) is 0 Å². The van der Waals surface area contributed by atoms with Gasteiger partial charge in [-0.1, -0.05) is 23.8 Å². The highest BCUT2D eigenvalue weighted by Gasteiger charge is 2.66. The summed E-state index contributed by atoms with van der Waals surface area (Å²) < 4.78 is 11.1. The van der Waals surface area contributed by atoms with Crippen molar-refractivity contribution in [1.29, 1.82) is 0 Å². The number of halogens is 1. The lowest BCUT2D eigenvalue weighted by molar-refractivity contribution is -0.126. The molecule has 3 aliphatic rings. The number of rotatable bonds is 2. The number of carbonyl (C=O) groups is 2. The van der Waals surface area contributed by atoms with E-state index in [-0.39, 0.29) is 17.9 Å². The standard InChI is InChI=1S/C16H14ClNO4/c1-16-6-5-11(22-16)12-13(16)15(20)18(14(12)19)9-7-8(17)3-4-10(9)21-2/h3-7,11-13H,1-2H3/t11-,12+,13-,16-/m1/s1. The Morgan fingerprint density at radius 2 is 2.09 bits per heavy atom. The van der Waals surface area contributed by atoms with Crippen LogP contribution in [0, 0.1) is 11.8 Å². The highest BCUT2D eigenvalue weighted by Crippen LogP contribution is 2.53. The first-order valence-corrected chi connectivity index (χ1v) is 7.42. The van der Waals surface area contributed by atoms with Crippen molar-refractivity contribution in [1.82, 2.24) is 0 Å². The van der Waals surface area contributed by atoms with E-state index in [1.807, 2.05) is 19.1 Å². The van der Waals surface area contributed by atoms with E-state index in [1.54, 1.807) is 18.2 Å². The Morgan fingerprint density at radius 1 is 1.32 bits per heavy atom. The van der Waals surface area contributed by atoms with Gasteiger partial charge in [0, 0.05) is 5.02 Å². The van der Waals surface area contributed by atoms with Crippen LogP contribution in [-0.4, -0.2) is 30.6 Å². The number of amides is 2. The number of ether oxygens (including phenoxy) is 2. The molecule has 0 spiro atoms. The maximum atomic E-state index is 12.9. The van der Waals surface area contributed by atoms with Crippen LogP contribution in [0.3, 0.4) is 0 Å². The fraction of sp³-hybridized carbons (Fsp3) is 0.375. The molecule has 0 radical (unpaired) electrons. The van der Waals surface area contributed by atoms with E-state index in [2.05, 4.69) is 0 Å². The van der Waals surface area contributed by atoms with Crippen LogP contribution < -0.4 is 9.64 Å². The minimum atomic E-state index is -0.706. The highest BCUT2D eigenvalue weighted by molar-refractivity contribution is 6.31. The smallest absolute Gasteiger partial charge is 0.241 e. The largest absolute Gasteiger partial charge is 0.495 e. The average molecular weight is 320 g/mol. The number of methoxy groups -OCH3 is 1. The number of nitrogens with zero attached hydrogens (tertiary/aromatic N) is 1. The Labute approximate surface area is 132 Å². The molecule has 4 atom stereocenters. The fourth-order valence-corrected chi connectivity index (χ4v) is 3.89. The molecule has 5 nitrogen and oxygen atoms in total.